The van der Waals surface area contributed by atoms with Gasteiger partial charge in [-0.3, -0.25) is 0 Å². The van der Waals surface area contributed by atoms with Gasteiger partial charge in [0.2, 0.25) is 10.0 Å². The lowest BCUT2D eigenvalue weighted by atomic mass is 10.2. The Morgan fingerprint density at radius 2 is 2.11 bits per heavy atom. The molecule has 0 bridgehead atoms. The topological polar surface area (TPSA) is 130 Å². The minimum atomic E-state index is -3.82. The van der Waals surface area contributed by atoms with Gasteiger partial charge in [-0.15, -0.1) is 0 Å². The Morgan fingerprint density at radius 1 is 1.47 bits per heavy atom. The molecular formula is C11H16N2O5S. The molecule has 0 heterocycles. The third kappa shape index (κ3) is 3.91. The van der Waals surface area contributed by atoms with E-state index in [2.05, 4.69) is 4.72 Å². The number of nitrogens with two attached hydrogens (primary N) is 1. The number of sulfonamides is 1. The van der Waals surface area contributed by atoms with Gasteiger partial charge in [-0.05, 0) is 24.1 Å². The predicted molar refractivity (Wildman–Crippen MR) is 69.3 cm³/mol. The van der Waals surface area contributed by atoms with Crippen LogP contribution >= 0.6 is 0 Å². The van der Waals surface area contributed by atoms with Gasteiger partial charge in [-0.25, -0.2) is 17.9 Å². The van der Waals surface area contributed by atoms with E-state index in [-0.39, 0.29) is 35.2 Å². The average Bonchev–Trinajstić information content (AvgIpc) is 2.35. The van der Waals surface area contributed by atoms with Crippen molar-refractivity contribution >= 4 is 21.7 Å². The van der Waals surface area contributed by atoms with Gasteiger partial charge in [-0.1, -0.05) is 6.92 Å². The first-order valence-electron chi connectivity index (χ1n) is 5.51. The van der Waals surface area contributed by atoms with Crippen LogP contribution in [0.1, 0.15) is 17.3 Å². The first-order valence-corrected chi connectivity index (χ1v) is 6.99. The predicted octanol–water partition coefficient (Wildman–Crippen LogP) is -0.126. The summed E-state index contributed by atoms with van der Waals surface area (Å²) in [5.41, 5.74) is 5.33. The van der Waals surface area contributed by atoms with Crippen LogP contribution in [-0.2, 0) is 10.0 Å². The Balaban J connectivity index is 2.99. The highest BCUT2D eigenvalue weighted by molar-refractivity contribution is 7.89. The standard InChI is InChI=1S/C11H16N2O5S/c1-7(6-14)5-13-19(17,18)10-3-2-8(11(15)16)4-9(10)12/h2-4,7,13-14H,5-6,12H2,1H3,(H,15,16). The summed E-state index contributed by atoms with van der Waals surface area (Å²) in [6.45, 7) is 1.61. The van der Waals surface area contributed by atoms with Crippen LogP contribution in [-0.4, -0.2) is 37.8 Å². The number of carboxylic acids is 1. The summed E-state index contributed by atoms with van der Waals surface area (Å²) in [6, 6.07) is 3.40. The first kappa shape index (κ1) is 15.4. The normalized spacial score (nSPS) is 13.2. The number of benzene rings is 1. The maximum absolute atomic E-state index is 11.9. The maximum atomic E-state index is 11.9. The number of carbonyl (C=O) groups is 1. The SMILES string of the molecule is CC(CO)CNS(=O)(=O)c1ccc(C(=O)O)cc1N. The van der Waals surface area contributed by atoms with Crippen molar-refractivity contribution in [3.05, 3.63) is 23.8 Å². The smallest absolute Gasteiger partial charge is 0.335 e. The molecule has 1 aromatic carbocycles. The van der Waals surface area contributed by atoms with Crippen molar-refractivity contribution in [1.82, 2.24) is 4.72 Å². The summed E-state index contributed by atoms with van der Waals surface area (Å²) in [7, 11) is -3.82. The molecule has 0 radical (unpaired) electrons. The van der Waals surface area contributed by atoms with Crippen LogP contribution in [0.3, 0.4) is 0 Å². The van der Waals surface area contributed by atoms with Crippen molar-refractivity contribution in [2.75, 3.05) is 18.9 Å². The lowest BCUT2D eigenvalue weighted by Gasteiger charge is -2.12. The second-order valence-corrected chi connectivity index (χ2v) is 5.93. The molecule has 19 heavy (non-hydrogen) atoms. The summed E-state index contributed by atoms with van der Waals surface area (Å²) in [5.74, 6) is -1.41. The molecule has 0 amide bonds. The van der Waals surface area contributed by atoms with Crippen molar-refractivity contribution < 1.29 is 23.4 Å². The third-order valence-electron chi connectivity index (χ3n) is 2.48. The zero-order chi connectivity index (χ0) is 14.6. The van der Waals surface area contributed by atoms with E-state index in [4.69, 9.17) is 15.9 Å². The van der Waals surface area contributed by atoms with E-state index in [1.165, 1.54) is 6.07 Å². The third-order valence-corrected chi connectivity index (χ3v) is 3.98. The highest BCUT2D eigenvalue weighted by Crippen LogP contribution is 2.19. The highest BCUT2D eigenvalue weighted by atomic mass is 32.2. The summed E-state index contributed by atoms with van der Waals surface area (Å²) in [5, 5.41) is 17.6. The molecule has 7 nitrogen and oxygen atoms in total. The quantitative estimate of drug-likeness (QED) is 0.540. The molecule has 1 aromatic rings. The number of aliphatic hydroxyl groups is 1. The number of rotatable bonds is 6. The van der Waals surface area contributed by atoms with Crippen molar-refractivity contribution in [2.45, 2.75) is 11.8 Å². The number of anilines is 1. The Bertz CT molecular complexity index is 570. The first-order chi connectivity index (χ1) is 8.77. The zero-order valence-electron chi connectivity index (χ0n) is 10.3. The van der Waals surface area contributed by atoms with E-state index in [0.29, 0.717) is 0 Å². The molecule has 0 aliphatic carbocycles. The molecule has 106 valence electrons. The Kier molecular flexibility index (Phi) is 4.87. The van der Waals surface area contributed by atoms with Gasteiger partial charge in [0.05, 0.1) is 11.3 Å². The van der Waals surface area contributed by atoms with E-state index < -0.39 is 16.0 Å². The molecule has 0 aliphatic heterocycles. The summed E-state index contributed by atoms with van der Waals surface area (Å²) in [4.78, 5) is 10.5. The fourth-order valence-electron chi connectivity index (χ4n) is 1.32. The lowest BCUT2D eigenvalue weighted by molar-refractivity contribution is 0.0697. The maximum Gasteiger partial charge on any atom is 0.335 e. The van der Waals surface area contributed by atoms with E-state index in [0.717, 1.165) is 12.1 Å². The second kappa shape index (κ2) is 6.00. The molecule has 0 saturated heterocycles. The Morgan fingerprint density at radius 3 is 2.58 bits per heavy atom. The van der Waals surface area contributed by atoms with E-state index >= 15 is 0 Å². The van der Waals surface area contributed by atoms with Gasteiger partial charge in [0.15, 0.2) is 0 Å². The summed E-state index contributed by atoms with van der Waals surface area (Å²) >= 11 is 0. The molecule has 0 aromatic heterocycles. The molecule has 1 rings (SSSR count). The Labute approximate surface area is 111 Å². The molecule has 1 unspecified atom stereocenters. The molecule has 5 N–H and O–H groups in total. The monoisotopic (exact) mass is 288 g/mol. The largest absolute Gasteiger partial charge is 0.478 e. The van der Waals surface area contributed by atoms with Crippen LogP contribution in [0.15, 0.2) is 23.1 Å². The molecule has 0 aliphatic rings. The summed E-state index contributed by atoms with van der Waals surface area (Å²) in [6.07, 6.45) is 0. The molecular weight excluding hydrogens is 272 g/mol. The molecule has 0 fully saturated rings. The molecule has 0 saturated carbocycles. The number of nitrogens with one attached hydrogen (secondary N) is 1. The van der Waals surface area contributed by atoms with Gasteiger partial charge >= 0.3 is 5.97 Å². The Hall–Kier alpha value is -1.64. The van der Waals surface area contributed by atoms with Crippen LogP contribution in [0.5, 0.6) is 0 Å². The van der Waals surface area contributed by atoms with Crippen LogP contribution in [0.25, 0.3) is 0 Å². The number of carboxylic acid groups (broad SMARTS) is 1. The highest BCUT2D eigenvalue weighted by Gasteiger charge is 2.19. The number of aromatic carboxylic acids is 1. The number of hydrogen-bond donors (Lipinski definition) is 4. The van der Waals surface area contributed by atoms with Gasteiger partial charge < -0.3 is 15.9 Å². The average molecular weight is 288 g/mol. The van der Waals surface area contributed by atoms with Crippen molar-refractivity contribution in [3.8, 4) is 0 Å². The van der Waals surface area contributed by atoms with Crippen LogP contribution in [0.2, 0.25) is 0 Å². The van der Waals surface area contributed by atoms with E-state index in [1.54, 1.807) is 6.92 Å². The molecule has 0 spiro atoms. The fraction of sp³-hybridized carbons (Fsp3) is 0.364. The van der Waals surface area contributed by atoms with Crippen LogP contribution in [0, 0.1) is 5.92 Å². The summed E-state index contributed by atoms with van der Waals surface area (Å²) < 4.78 is 26.2. The number of aliphatic hydroxyl groups excluding tert-OH is 1. The number of hydrogen-bond acceptors (Lipinski definition) is 5. The number of nitrogen functional groups attached to an aromatic ring is 1. The molecule has 1 atom stereocenters. The fourth-order valence-corrected chi connectivity index (χ4v) is 2.60. The molecule has 8 heteroatoms. The minimum Gasteiger partial charge on any atom is -0.478 e. The van der Waals surface area contributed by atoms with Crippen LogP contribution in [0.4, 0.5) is 5.69 Å². The van der Waals surface area contributed by atoms with E-state index in [1.807, 2.05) is 0 Å². The van der Waals surface area contributed by atoms with Crippen LogP contribution < -0.4 is 10.5 Å². The lowest BCUT2D eigenvalue weighted by Crippen LogP contribution is -2.30. The second-order valence-electron chi connectivity index (χ2n) is 4.20. The van der Waals surface area contributed by atoms with Gasteiger partial charge in [-0.2, -0.15) is 0 Å². The van der Waals surface area contributed by atoms with Crippen molar-refractivity contribution in [3.63, 3.8) is 0 Å². The minimum absolute atomic E-state index is 0.0684. The van der Waals surface area contributed by atoms with Gasteiger partial charge in [0.1, 0.15) is 4.90 Å². The van der Waals surface area contributed by atoms with Crippen molar-refractivity contribution in [2.24, 2.45) is 5.92 Å². The van der Waals surface area contributed by atoms with Gasteiger partial charge in [0.25, 0.3) is 0 Å². The van der Waals surface area contributed by atoms with E-state index in [9.17, 15) is 13.2 Å². The van der Waals surface area contributed by atoms with Gasteiger partial charge in [0, 0.05) is 13.2 Å². The van der Waals surface area contributed by atoms with Crippen molar-refractivity contribution in [1.29, 1.82) is 0 Å². The zero-order valence-corrected chi connectivity index (χ0v) is 11.1.